The van der Waals surface area contributed by atoms with Gasteiger partial charge in [-0.2, -0.15) is 0 Å². The third kappa shape index (κ3) is 2.36. The molecule has 1 rings (SSSR count). The zero-order valence-electron chi connectivity index (χ0n) is 7.64. The lowest BCUT2D eigenvalue weighted by Crippen LogP contribution is -2.19. The van der Waals surface area contributed by atoms with Gasteiger partial charge in [0.05, 0.1) is 4.90 Å². The molecule has 0 saturated heterocycles. The maximum Gasteiger partial charge on any atom is 0.241 e. The topological polar surface area (TPSA) is 46.2 Å². The van der Waals surface area contributed by atoms with Gasteiger partial charge in [-0.05, 0) is 47.6 Å². The molecule has 6 heteroatoms. The molecule has 78 valence electrons. The first kappa shape index (κ1) is 12.2. The molecule has 0 heterocycles. The number of rotatable bonds is 2. The molecule has 14 heavy (non-hydrogen) atoms. The van der Waals surface area contributed by atoms with Gasteiger partial charge in [-0.15, -0.1) is 0 Å². The van der Waals surface area contributed by atoms with Gasteiger partial charge in [-0.3, -0.25) is 0 Å². The standard InChI is InChI=1S/C8H9Br2NO2S/c1-5-3-8(14(12,13)11-2)7(10)4-6(5)9/h3-4,11H,1-2H3. The van der Waals surface area contributed by atoms with Crippen molar-refractivity contribution in [3.8, 4) is 0 Å². The van der Waals surface area contributed by atoms with E-state index in [0.717, 1.165) is 10.0 Å². The molecule has 1 aromatic rings. The second kappa shape index (κ2) is 4.30. The molecule has 0 unspecified atom stereocenters. The molecular formula is C8H9Br2NO2S. The summed E-state index contributed by atoms with van der Waals surface area (Å²) in [5.74, 6) is 0. The van der Waals surface area contributed by atoms with Crippen molar-refractivity contribution < 1.29 is 8.42 Å². The van der Waals surface area contributed by atoms with Crippen molar-refractivity contribution in [2.75, 3.05) is 7.05 Å². The summed E-state index contributed by atoms with van der Waals surface area (Å²) in [7, 11) is -2.00. The molecule has 0 aliphatic heterocycles. The van der Waals surface area contributed by atoms with Crippen molar-refractivity contribution in [2.24, 2.45) is 0 Å². The summed E-state index contributed by atoms with van der Waals surface area (Å²) < 4.78 is 26.7. The van der Waals surface area contributed by atoms with Crippen LogP contribution < -0.4 is 4.72 Å². The number of hydrogen-bond acceptors (Lipinski definition) is 2. The van der Waals surface area contributed by atoms with Crippen LogP contribution in [0.25, 0.3) is 0 Å². The Morgan fingerprint density at radius 2 is 1.79 bits per heavy atom. The second-order valence-corrected chi connectivity index (χ2v) is 6.30. The van der Waals surface area contributed by atoms with Gasteiger partial charge in [-0.25, -0.2) is 13.1 Å². The van der Waals surface area contributed by atoms with Gasteiger partial charge in [0.15, 0.2) is 0 Å². The Bertz CT molecular complexity index is 457. The van der Waals surface area contributed by atoms with E-state index < -0.39 is 10.0 Å². The predicted octanol–water partition coefficient (Wildman–Crippen LogP) is 2.43. The number of benzene rings is 1. The highest BCUT2D eigenvalue weighted by molar-refractivity contribution is 9.11. The minimum absolute atomic E-state index is 0.251. The van der Waals surface area contributed by atoms with Crippen LogP contribution in [0.4, 0.5) is 0 Å². The molecule has 3 nitrogen and oxygen atoms in total. The molecular weight excluding hydrogens is 334 g/mol. The highest BCUT2D eigenvalue weighted by Crippen LogP contribution is 2.28. The Hall–Kier alpha value is 0.0900. The molecule has 0 spiro atoms. The minimum Gasteiger partial charge on any atom is -0.214 e. The number of aryl methyl sites for hydroxylation is 1. The molecule has 0 saturated carbocycles. The van der Waals surface area contributed by atoms with E-state index in [1.165, 1.54) is 7.05 Å². The van der Waals surface area contributed by atoms with Crippen LogP contribution in [0.3, 0.4) is 0 Å². The fourth-order valence-corrected chi connectivity index (χ4v) is 3.45. The molecule has 0 bridgehead atoms. The van der Waals surface area contributed by atoms with Gasteiger partial charge in [-0.1, -0.05) is 15.9 Å². The third-order valence-electron chi connectivity index (χ3n) is 1.77. The zero-order chi connectivity index (χ0) is 10.9. The smallest absolute Gasteiger partial charge is 0.214 e. The molecule has 0 atom stereocenters. The van der Waals surface area contributed by atoms with Crippen molar-refractivity contribution in [1.29, 1.82) is 0 Å². The predicted molar refractivity (Wildman–Crippen MR) is 62.8 cm³/mol. The van der Waals surface area contributed by atoms with Crippen LogP contribution >= 0.6 is 31.9 Å². The van der Waals surface area contributed by atoms with E-state index in [0.29, 0.717) is 4.47 Å². The number of halogens is 2. The maximum absolute atomic E-state index is 11.5. The molecule has 0 aliphatic carbocycles. The number of sulfonamides is 1. The van der Waals surface area contributed by atoms with E-state index in [-0.39, 0.29) is 4.90 Å². The van der Waals surface area contributed by atoms with Gasteiger partial charge >= 0.3 is 0 Å². The lowest BCUT2D eigenvalue weighted by Gasteiger charge is -2.07. The number of hydrogen-bond donors (Lipinski definition) is 1. The van der Waals surface area contributed by atoms with Crippen LogP contribution in [0.1, 0.15) is 5.56 Å². The molecule has 0 aromatic heterocycles. The van der Waals surface area contributed by atoms with Crippen LogP contribution in [-0.4, -0.2) is 15.5 Å². The summed E-state index contributed by atoms with van der Waals surface area (Å²) in [6.45, 7) is 1.84. The van der Waals surface area contributed by atoms with Crippen LogP contribution in [0.15, 0.2) is 26.0 Å². The number of nitrogens with one attached hydrogen (secondary N) is 1. The first-order valence-corrected chi connectivity index (χ1v) is 6.84. The average Bonchev–Trinajstić information content (AvgIpc) is 2.11. The highest BCUT2D eigenvalue weighted by Gasteiger charge is 2.16. The summed E-state index contributed by atoms with van der Waals surface area (Å²) in [5.41, 5.74) is 0.877. The highest BCUT2D eigenvalue weighted by atomic mass is 79.9. The second-order valence-electron chi connectivity index (χ2n) is 2.74. The molecule has 1 N–H and O–H groups in total. The van der Waals surface area contributed by atoms with E-state index in [2.05, 4.69) is 36.6 Å². The average molecular weight is 343 g/mol. The largest absolute Gasteiger partial charge is 0.241 e. The van der Waals surface area contributed by atoms with Crippen molar-refractivity contribution >= 4 is 41.9 Å². The van der Waals surface area contributed by atoms with E-state index in [4.69, 9.17) is 0 Å². The summed E-state index contributed by atoms with van der Waals surface area (Å²) in [6, 6.07) is 3.33. The lowest BCUT2D eigenvalue weighted by atomic mass is 10.2. The van der Waals surface area contributed by atoms with Gasteiger partial charge in [0.2, 0.25) is 10.0 Å². The van der Waals surface area contributed by atoms with Crippen LogP contribution in [0.2, 0.25) is 0 Å². The maximum atomic E-state index is 11.5. The normalized spacial score (nSPS) is 11.7. The van der Waals surface area contributed by atoms with Gasteiger partial charge in [0, 0.05) is 8.95 Å². The lowest BCUT2D eigenvalue weighted by molar-refractivity contribution is 0.587. The van der Waals surface area contributed by atoms with Crippen LogP contribution in [-0.2, 0) is 10.0 Å². The first-order valence-electron chi connectivity index (χ1n) is 3.77. The zero-order valence-corrected chi connectivity index (χ0v) is 11.6. The Morgan fingerprint density at radius 3 is 2.29 bits per heavy atom. The third-order valence-corrected chi connectivity index (χ3v) is 5.00. The molecule has 0 aliphatic rings. The van der Waals surface area contributed by atoms with Crippen molar-refractivity contribution in [3.05, 3.63) is 26.6 Å². The molecule has 0 amide bonds. The first-order chi connectivity index (χ1) is 6.38. The molecule has 1 aromatic carbocycles. The van der Waals surface area contributed by atoms with Gasteiger partial charge < -0.3 is 0 Å². The van der Waals surface area contributed by atoms with Crippen molar-refractivity contribution in [1.82, 2.24) is 4.72 Å². The van der Waals surface area contributed by atoms with Gasteiger partial charge in [0.25, 0.3) is 0 Å². The van der Waals surface area contributed by atoms with E-state index >= 15 is 0 Å². The van der Waals surface area contributed by atoms with Crippen molar-refractivity contribution in [3.63, 3.8) is 0 Å². The van der Waals surface area contributed by atoms with Crippen LogP contribution in [0, 0.1) is 6.92 Å². The van der Waals surface area contributed by atoms with Crippen LogP contribution in [0.5, 0.6) is 0 Å². The van der Waals surface area contributed by atoms with E-state index in [1.807, 2.05) is 6.92 Å². The monoisotopic (exact) mass is 341 g/mol. The minimum atomic E-state index is -3.39. The summed E-state index contributed by atoms with van der Waals surface area (Å²) in [6.07, 6.45) is 0. The van der Waals surface area contributed by atoms with Crippen molar-refractivity contribution in [2.45, 2.75) is 11.8 Å². The Balaban J connectivity index is 3.45. The molecule has 0 fully saturated rings. The summed E-state index contributed by atoms with van der Waals surface area (Å²) in [4.78, 5) is 0.251. The summed E-state index contributed by atoms with van der Waals surface area (Å²) >= 11 is 6.53. The Kier molecular flexibility index (Phi) is 3.74. The van der Waals surface area contributed by atoms with E-state index in [1.54, 1.807) is 12.1 Å². The molecule has 0 radical (unpaired) electrons. The Labute approximate surface area is 100 Å². The SMILES string of the molecule is CNS(=O)(=O)c1cc(C)c(Br)cc1Br. The van der Waals surface area contributed by atoms with Gasteiger partial charge in [0.1, 0.15) is 0 Å². The van der Waals surface area contributed by atoms with E-state index in [9.17, 15) is 8.42 Å². The fraction of sp³-hybridized carbons (Fsp3) is 0.250. The summed E-state index contributed by atoms with van der Waals surface area (Å²) in [5, 5.41) is 0. The fourth-order valence-electron chi connectivity index (χ4n) is 0.947. The Morgan fingerprint density at radius 1 is 1.21 bits per heavy atom. The quantitative estimate of drug-likeness (QED) is 0.897.